The third kappa shape index (κ3) is 4.24. The quantitative estimate of drug-likeness (QED) is 0.183. The third-order valence-electron chi connectivity index (χ3n) is 11.9. The number of hydrogen-bond acceptors (Lipinski definition) is 3. The average molecular weight is 701 g/mol. The lowest BCUT2D eigenvalue weighted by atomic mass is 9.70. The number of hydrogen-bond donors (Lipinski definition) is 0. The summed E-state index contributed by atoms with van der Waals surface area (Å²) in [6, 6.07) is 70.2. The molecule has 256 valence electrons. The van der Waals surface area contributed by atoms with Crippen molar-refractivity contribution in [2.24, 2.45) is 0 Å². The van der Waals surface area contributed by atoms with E-state index in [2.05, 4.69) is 199 Å². The summed E-state index contributed by atoms with van der Waals surface area (Å²) >= 11 is 0. The van der Waals surface area contributed by atoms with Crippen molar-refractivity contribution >= 4 is 50.0 Å². The zero-order valence-electron chi connectivity index (χ0n) is 29.8. The van der Waals surface area contributed by atoms with Crippen molar-refractivity contribution in [3.8, 4) is 33.4 Å². The van der Waals surface area contributed by atoms with Crippen LogP contribution >= 0.6 is 0 Å². The van der Waals surface area contributed by atoms with E-state index in [4.69, 9.17) is 9.40 Å². The number of aromatic nitrogens is 1. The molecule has 2 aliphatic rings. The first kappa shape index (κ1) is 30.3. The molecule has 0 aliphatic heterocycles. The van der Waals surface area contributed by atoms with Gasteiger partial charge in [-0.15, -0.1) is 0 Å². The second-order valence-corrected chi connectivity index (χ2v) is 14.7. The number of anilines is 3. The maximum absolute atomic E-state index is 6.40. The molecule has 3 nitrogen and oxygen atoms in total. The first-order valence-electron chi connectivity index (χ1n) is 18.9. The predicted molar refractivity (Wildman–Crippen MR) is 225 cm³/mol. The molecule has 0 atom stereocenters. The van der Waals surface area contributed by atoms with Gasteiger partial charge in [0.15, 0.2) is 5.58 Å². The lowest BCUT2D eigenvalue weighted by molar-refractivity contribution is 0.668. The number of furan rings is 1. The lowest BCUT2D eigenvalue weighted by Crippen LogP contribution is -2.25. The fourth-order valence-electron chi connectivity index (χ4n) is 9.52. The van der Waals surface area contributed by atoms with Crippen LogP contribution in [0, 0.1) is 0 Å². The van der Waals surface area contributed by atoms with E-state index in [1.165, 1.54) is 61.0 Å². The molecule has 0 saturated carbocycles. The molecule has 0 bridgehead atoms. The van der Waals surface area contributed by atoms with E-state index in [0.29, 0.717) is 0 Å². The highest BCUT2D eigenvalue weighted by Gasteiger charge is 2.51. The molecule has 3 heteroatoms. The number of fused-ring (bicyclic) bond motifs is 14. The van der Waals surface area contributed by atoms with Gasteiger partial charge >= 0.3 is 0 Å². The Hall–Kier alpha value is -7.23. The molecule has 0 N–H and O–H groups in total. The lowest BCUT2D eigenvalue weighted by Gasteiger charge is -2.31. The van der Waals surface area contributed by atoms with Gasteiger partial charge in [-0.1, -0.05) is 146 Å². The molecule has 2 heterocycles. The van der Waals surface area contributed by atoms with E-state index in [0.717, 1.165) is 44.6 Å². The van der Waals surface area contributed by atoms with Crippen LogP contribution in [0.2, 0.25) is 0 Å². The summed E-state index contributed by atoms with van der Waals surface area (Å²) in [7, 11) is 0. The minimum absolute atomic E-state index is 0.393. The van der Waals surface area contributed by atoms with Gasteiger partial charge in [-0.2, -0.15) is 0 Å². The highest BCUT2D eigenvalue weighted by molar-refractivity contribution is 6.09. The SMILES string of the molecule is c1ccc(-c2ccc(N(c3ccc4c(c3)-c3ccccc3C43c4ccccc4-c4ccccc43)c3ccc4oc5cc6ccccc6cc5c4n3)cc2)cc1. The topological polar surface area (TPSA) is 29.3 Å². The van der Waals surface area contributed by atoms with Gasteiger partial charge in [-0.3, -0.25) is 4.90 Å². The maximum atomic E-state index is 6.40. The van der Waals surface area contributed by atoms with Crippen LogP contribution in [-0.4, -0.2) is 4.98 Å². The Morgan fingerprint density at radius 2 is 0.945 bits per heavy atom. The van der Waals surface area contributed by atoms with Crippen molar-refractivity contribution in [2.75, 3.05) is 4.90 Å². The van der Waals surface area contributed by atoms with Crippen molar-refractivity contribution in [3.63, 3.8) is 0 Å². The Labute approximate surface area is 318 Å². The van der Waals surface area contributed by atoms with Crippen molar-refractivity contribution in [1.29, 1.82) is 0 Å². The summed E-state index contributed by atoms with van der Waals surface area (Å²) in [6.07, 6.45) is 0. The number of nitrogens with zero attached hydrogens (tertiary/aromatic N) is 2. The van der Waals surface area contributed by atoms with E-state index in [1.807, 2.05) is 0 Å². The first-order chi connectivity index (χ1) is 27.3. The Morgan fingerprint density at radius 3 is 1.64 bits per heavy atom. The van der Waals surface area contributed by atoms with Gasteiger partial charge in [-0.05, 0) is 115 Å². The van der Waals surface area contributed by atoms with Crippen LogP contribution in [0.4, 0.5) is 17.2 Å². The minimum Gasteiger partial charge on any atom is -0.454 e. The standard InChI is InChI=1S/C52H32N2O/c1-2-12-33(13-3-1)34-22-24-37(25-23-34)54(50-29-28-48-51(53-50)43-30-35-14-4-5-15-36(35)31-49(43)55-48)38-26-27-47-42(32-38)41-18-8-11-21-46(41)52(47)44-19-9-6-16-39(44)40-17-7-10-20-45(40)52/h1-32H. The second-order valence-electron chi connectivity index (χ2n) is 14.7. The van der Waals surface area contributed by atoms with E-state index >= 15 is 0 Å². The number of rotatable bonds is 4. The van der Waals surface area contributed by atoms with Crippen LogP contribution in [0.15, 0.2) is 199 Å². The van der Waals surface area contributed by atoms with E-state index < -0.39 is 5.41 Å². The smallest absolute Gasteiger partial charge is 0.154 e. The zero-order valence-corrected chi connectivity index (χ0v) is 29.8. The molecule has 12 rings (SSSR count). The van der Waals surface area contributed by atoms with Crippen molar-refractivity contribution < 1.29 is 4.42 Å². The van der Waals surface area contributed by atoms with Gasteiger partial charge in [0.2, 0.25) is 0 Å². The van der Waals surface area contributed by atoms with Gasteiger partial charge in [0.25, 0.3) is 0 Å². The molecule has 8 aromatic carbocycles. The summed E-state index contributed by atoms with van der Waals surface area (Å²) in [5.41, 5.74) is 17.0. The van der Waals surface area contributed by atoms with Crippen LogP contribution in [-0.2, 0) is 5.41 Å². The molecule has 0 unspecified atom stereocenters. The van der Waals surface area contributed by atoms with Crippen LogP contribution in [0.3, 0.4) is 0 Å². The van der Waals surface area contributed by atoms with Gasteiger partial charge in [-0.25, -0.2) is 4.98 Å². The summed E-state index contributed by atoms with van der Waals surface area (Å²) in [5, 5.41) is 3.33. The van der Waals surface area contributed by atoms with Crippen LogP contribution < -0.4 is 4.90 Å². The Morgan fingerprint density at radius 1 is 0.400 bits per heavy atom. The van der Waals surface area contributed by atoms with E-state index in [1.54, 1.807) is 0 Å². The minimum atomic E-state index is -0.393. The monoisotopic (exact) mass is 700 g/mol. The predicted octanol–water partition coefficient (Wildman–Crippen LogP) is 13.6. The molecule has 0 radical (unpaired) electrons. The van der Waals surface area contributed by atoms with Crippen LogP contribution in [0.1, 0.15) is 22.3 Å². The van der Waals surface area contributed by atoms with Crippen molar-refractivity contribution in [2.45, 2.75) is 5.41 Å². The molecule has 1 spiro atoms. The molecule has 0 amide bonds. The Kier molecular flexibility index (Phi) is 6.26. The normalized spacial score (nSPS) is 13.2. The largest absolute Gasteiger partial charge is 0.454 e. The molecule has 2 aromatic heterocycles. The van der Waals surface area contributed by atoms with Gasteiger partial charge in [0.05, 0.1) is 5.41 Å². The molecule has 2 aliphatic carbocycles. The second kappa shape index (κ2) is 11.4. The summed E-state index contributed by atoms with van der Waals surface area (Å²) in [5.74, 6) is 0.827. The number of benzene rings is 8. The Bertz CT molecular complexity index is 3110. The highest BCUT2D eigenvalue weighted by atomic mass is 16.3. The molecule has 0 fully saturated rings. The average Bonchev–Trinajstić information content (AvgIpc) is 3.87. The molecular weight excluding hydrogens is 669 g/mol. The van der Waals surface area contributed by atoms with Gasteiger partial charge in [0, 0.05) is 16.8 Å². The fourth-order valence-corrected chi connectivity index (χ4v) is 9.52. The fraction of sp³-hybridized carbons (Fsp3) is 0.0192. The van der Waals surface area contributed by atoms with E-state index in [9.17, 15) is 0 Å². The third-order valence-corrected chi connectivity index (χ3v) is 11.9. The van der Waals surface area contributed by atoms with E-state index in [-0.39, 0.29) is 0 Å². The first-order valence-corrected chi connectivity index (χ1v) is 18.9. The van der Waals surface area contributed by atoms with Crippen molar-refractivity contribution in [1.82, 2.24) is 4.98 Å². The summed E-state index contributed by atoms with van der Waals surface area (Å²) in [4.78, 5) is 7.69. The summed E-state index contributed by atoms with van der Waals surface area (Å²) < 4.78 is 6.40. The van der Waals surface area contributed by atoms with Crippen LogP contribution in [0.25, 0.3) is 66.2 Å². The van der Waals surface area contributed by atoms with Gasteiger partial charge in [0.1, 0.15) is 16.9 Å². The van der Waals surface area contributed by atoms with Gasteiger partial charge < -0.3 is 4.42 Å². The summed E-state index contributed by atoms with van der Waals surface area (Å²) in [6.45, 7) is 0. The Balaban J connectivity index is 1.08. The highest BCUT2D eigenvalue weighted by Crippen LogP contribution is 2.63. The maximum Gasteiger partial charge on any atom is 0.154 e. The zero-order chi connectivity index (χ0) is 36.1. The molecule has 0 saturated heterocycles. The van der Waals surface area contributed by atoms with Crippen molar-refractivity contribution in [3.05, 3.63) is 216 Å². The number of pyridine rings is 1. The molecular formula is C52H32N2O. The molecule has 55 heavy (non-hydrogen) atoms. The van der Waals surface area contributed by atoms with Crippen LogP contribution in [0.5, 0.6) is 0 Å². The molecule has 10 aromatic rings.